The van der Waals surface area contributed by atoms with E-state index in [9.17, 15) is 4.79 Å². The van der Waals surface area contributed by atoms with Crippen molar-refractivity contribution in [2.45, 2.75) is 50.9 Å². The first-order valence-electron chi connectivity index (χ1n) is 6.77. The molecule has 5 heteroatoms. The molecule has 2 bridgehead atoms. The first-order valence-corrected chi connectivity index (χ1v) is 6.77. The maximum Gasteiger partial charge on any atom is 0.239 e. The van der Waals surface area contributed by atoms with E-state index in [1.807, 2.05) is 6.92 Å². The van der Waals surface area contributed by atoms with Crippen LogP contribution in [-0.2, 0) is 14.3 Å². The van der Waals surface area contributed by atoms with Crippen molar-refractivity contribution >= 4 is 5.91 Å². The Kier molecular flexibility index (Phi) is 4.25. The van der Waals surface area contributed by atoms with Crippen molar-refractivity contribution in [3.05, 3.63) is 0 Å². The van der Waals surface area contributed by atoms with Gasteiger partial charge in [-0.15, -0.1) is 0 Å². The number of likely N-dealkylation sites (N-methyl/N-ethyl adjacent to an activating group) is 1. The number of nitrogens with two attached hydrogens (primary N) is 1. The third-order valence-electron chi connectivity index (χ3n) is 4.33. The highest BCUT2D eigenvalue weighted by atomic mass is 16.5. The highest BCUT2D eigenvalue weighted by Crippen LogP contribution is 2.43. The summed E-state index contributed by atoms with van der Waals surface area (Å²) < 4.78 is 11.6. The fourth-order valence-electron chi connectivity index (χ4n) is 2.79. The van der Waals surface area contributed by atoms with Gasteiger partial charge < -0.3 is 20.5 Å². The second-order valence-electron chi connectivity index (χ2n) is 5.67. The zero-order valence-corrected chi connectivity index (χ0v) is 11.3. The predicted octanol–water partition coefficient (Wildman–Crippen LogP) is 0.424. The average molecular weight is 256 g/mol. The molecular formula is C13H24N2O3. The first kappa shape index (κ1) is 13.8. The minimum atomic E-state index is -0.604. The van der Waals surface area contributed by atoms with Gasteiger partial charge in [-0.25, -0.2) is 0 Å². The van der Waals surface area contributed by atoms with E-state index in [1.54, 1.807) is 7.05 Å². The van der Waals surface area contributed by atoms with Gasteiger partial charge in [0.15, 0.2) is 0 Å². The van der Waals surface area contributed by atoms with Gasteiger partial charge in [0.2, 0.25) is 5.91 Å². The third kappa shape index (κ3) is 2.84. The molecule has 0 spiro atoms. The van der Waals surface area contributed by atoms with E-state index in [0.29, 0.717) is 12.7 Å². The molecule has 104 valence electrons. The highest BCUT2D eigenvalue weighted by Gasteiger charge is 2.42. The lowest BCUT2D eigenvalue weighted by molar-refractivity contribution is -0.152. The van der Waals surface area contributed by atoms with Gasteiger partial charge in [0, 0.05) is 12.5 Å². The maximum atomic E-state index is 11.4. The molecule has 3 N–H and O–H groups in total. The standard InChI is InChI=1S/C13H24N2O3/c1-9(11(14)12(16)15-2)17-7-13-5-3-10(4-6-13)18-8-13/h9-11H,3-8,14H2,1-2H3,(H,15,16). The molecule has 2 heterocycles. The predicted molar refractivity (Wildman–Crippen MR) is 68.1 cm³/mol. The van der Waals surface area contributed by atoms with Crippen molar-refractivity contribution in [1.82, 2.24) is 5.32 Å². The molecule has 2 unspecified atom stereocenters. The van der Waals surface area contributed by atoms with Crippen LogP contribution in [0.5, 0.6) is 0 Å². The lowest BCUT2D eigenvalue weighted by Gasteiger charge is -2.46. The topological polar surface area (TPSA) is 73.6 Å². The van der Waals surface area contributed by atoms with Gasteiger partial charge in [-0.1, -0.05) is 0 Å². The molecule has 3 rings (SSSR count). The van der Waals surface area contributed by atoms with Crippen LogP contribution in [0.25, 0.3) is 0 Å². The molecular weight excluding hydrogens is 232 g/mol. The Morgan fingerprint density at radius 3 is 2.72 bits per heavy atom. The van der Waals surface area contributed by atoms with Crippen molar-refractivity contribution in [2.24, 2.45) is 11.1 Å². The molecule has 2 aliphatic heterocycles. The van der Waals surface area contributed by atoms with Crippen molar-refractivity contribution in [3.8, 4) is 0 Å². The number of fused-ring (bicyclic) bond motifs is 3. The number of hydrogen-bond acceptors (Lipinski definition) is 4. The van der Waals surface area contributed by atoms with Crippen LogP contribution in [0.1, 0.15) is 32.6 Å². The Balaban J connectivity index is 1.81. The summed E-state index contributed by atoms with van der Waals surface area (Å²) in [6.07, 6.45) is 4.81. The smallest absolute Gasteiger partial charge is 0.239 e. The average Bonchev–Trinajstić information content (AvgIpc) is 2.45. The van der Waals surface area contributed by atoms with Crippen molar-refractivity contribution < 1.29 is 14.3 Å². The minimum absolute atomic E-state index is 0.158. The van der Waals surface area contributed by atoms with E-state index in [4.69, 9.17) is 15.2 Å². The zero-order chi connectivity index (χ0) is 13.2. The van der Waals surface area contributed by atoms with Gasteiger partial charge >= 0.3 is 0 Å². The highest BCUT2D eigenvalue weighted by molar-refractivity contribution is 5.81. The summed E-state index contributed by atoms with van der Waals surface area (Å²) in [5.74, 6) is -0.177. The van der Waals surface area contributed by atoms with Crippen molar-refractivity contribution in [1.29, 1.82) is 0 Å². The first-order chi connectivity index (χ1) is 8.56. The van der Waals surface area contributed by atoms with Crippen molar-refractivity contribution in [3.63, 3.8) is 0 Å². The zero-order valence-electron chi connectivity index (χ0n) is 11.3. The molecule has 1 amide bonds. The Hall–Kier alpha value is -0.650. The number of carbonyl (C=O) groups is 1. The second kappa shape index (κ2) is 5.55. The molecule has 2 atom stereocenters. The molecule has 5 nitrogen and oxygen atoms in total. The van der Waals surface area contributed by atoms with Gasteiger partial charge in [-0.3, -0.25) is 4.79 Å². The molecule has 3 aliphatic rings. The van der Waals surface area contributed by atoms with Crippen LogP contribution in [0.2, 0.25) is 0 Å². The summed E-state index contributed by atoms with van der Waals surface area (Å²) in [6.45, 7) is 3.29. The summed E-state index contributed by atoms with van der Waals surface area (Å²) in [5, 5.41) is 2.55. The van der Waals surface area contributed by atoms with Gasteiger partial charge in [-0.2, -0.15) is 0 Å². The Morgan fingerprint density at radius 1 is 1.56 bits per heavy atom. The normalized spacial score (nSPS) is 34.1. The number of nitrogens with one attached hydrogen (secondary N) is 1. The van der Waals surface area contributed by atoms with Crippen LogP contribution >= 0.6 is 0 Å². The molecule has 0 aromatic heterocycles. The van der Waals surface area contributed by atoms with Crippen molar-refractivity contribution in [2.75, 3.05) is 20.3 Å². The van der Waals surface area contributed by atoms with Crippen LogP contribution < -0.4 is 11.1 Å². The number of amides is 1. The van der Waals surface area contributed by atoms with Gasteiger partial charge in [0.1, 0.15) is 6.04 Å². The van der Waals surface area contributed by atoms with E-state index < -0.39 is 6.04 Å². The van der Waals surface area contributed by atoms with Crippen LogP contribution in [0, 0.1) is 5.41 Å². The molecule has 0 aromatic rings. The summed E-state index contributed by atoms with van der Waals surface area (Å²) >= 11 is 0. The van der Waals surface area contributed by atoms with Crippen LogP contribution in [0.3, 0.4) is 0 Å². The number of ether oxygens (including phenoxy) is 2. The van der Waals surface area contributed by atoms with Crippen LogP contribution in [0.15, 0.2) is 0 Å². The van der Waals surface area contributed by atoms with Crippen LogP contribution in [-0.4, -0.2) is 44.4 Å². The number of carbonyl (C=O) groups excluding carboxylic acids is 1. The van der Waals surface area contributed by atoms with E-state index in [2.05, 4.69) is 5.32 Å². The Bertz CT molecular complexity index is 287. The lowest BCUT2D eigenvalue weighted by Crippen LogP contribution is -2.50. The van der Waals surface area contributed by atoms with Crippen LogP contribution in [0.4, 0.5) is 0 Å². The Morgan fingerprint density at radius 2 is 2.22 bits per heavy atom. The molecule has 1 aliphatic carbocycles. The van der Waals surface area contributed by atoms with E-state index in [0.717, 1.165) is 19.4 Å². The van der Waals surface area contributed by atoms with Gasteiger partial charge in [0.05, 0.1) is 25.4 Å². The minimum Gasteiger partial charge on any atom is -0.378 e. The maximum absolute atomic E-state index is 11.4. The summed E-state index contributed by atoms with van der Waals surface area (Å²) in [7, 11) is 1.59. The summed E-state index contributed by atoms with van der Waals surface area (Å²) in [4.78, 5) is 11.4. The molecule has 18 heavy (non-hydrogen) atoms. The van der Waals surface area contributed by atoms with Gasteiger partial charge in [-0.05, 0) is 32.6 Å². The molecule has 0 radical (unpaired) electrons. The fraction of sp³-hybridized carbons (Fsp3) is 0.923. The third-order valence-corrected chi connectivity index (χ3v) is 4.33. The summed E-state index contributed by atoms with van der Waals surface area (Å²) in [6, 6.07) is -0.604. The molecule has 2 saturated heterocycles. The molecule has 3 fully saturated rings. The monoisotopic (exact) mass is 256 g/mol. The lowest BCUT2D eigenvalue weighted by atomic mass is 9.72. The number of hydrogen-bond donors (Lipinski definition) is 2. The molecule has 1 saturated carbocycles. The second-order valence-corrected chi connectivity index (χ2v) is 5.67. The quantitative estimate of drug-likeness (QED) is 0.748. The fourth-order valence-corrected chi connectivity index (χ4v) is 2.79. The van der Waals surface area contributed by atoms with E-state index >= 15 is 0 Å². The van der Waals surface area contributed by atoms with E-state index in [-0.39, 0.29) is 17.4 Å². The largest absolute Gasteiger partial charge is 0.378 e. The molecule has 0 aromatic carbocycles. The van der Waals surface area contributed by atoms with E-state index in [1.165, 1.54) is 12.8 Å². The summed E-state index contributed by atoms with van der Waals surface area (Å²) in [5.41, 5.74) is 5.97. The van der Waals surface area contributed by atoms with Gasteiger partial charge in [0.25, 0.3) is 0 Å². The number of rotatable bonds is 5. The SMILES string of the molecule is CNC(=O)C(N)C(C)OCC12CCC(CC1)OC2. The Labute approximate surface area is 108 Å².